The lowest BCUT2D eigenvalue weighted by Gasteiger charge is -2.42. The van der Waals surface area contributed by atoms with Gasteiger partial charge in [-0.05, 0) is 12.3 Å². The highest BCUT2D eigenvalue weighted by atomic mass is 16.6. The highest BCUT2D eigenvalue weighted by Crippen LogP contribution is 2.24. The highest BCUT2D eigenvalue weighted by molar-refractivity contribution is 5.87. The zero-order valence-corrected chi connectivity index (χ0v) is 16.3. The number of carbonyl (C=O) groups excluding carboxylic acids is 1. The number of nitrogens with one attached hydrogen (secondary N) is 2. The molecule has 1 fully saturated rings. The molecule has 1 aliphatic rings. The van der Waals surface area contributed by atoms with E-state index in [1.807, 2.05) is 0 Å². The van der Waals surface area contributed by atoms with Crippen molar-refractivity contribution in [3.63, 3.8) is 0 Å². The summed E-state index contributed by atoms with van der Waals surface area (Å²) in [5.74, 6) is -5.92. The maximum atomic E-state index is 12.6. The van der Waals surface area contributed by atoms with Crippen molar-refractivity contribution in [2.45, 2.75) is 69.3 Å². The Balaban J connectivity index is 2.84. The van der Waals surface area contributed by atoms with Crippen LogP contribution in [-0.2, 0) is 19.1 Å². The summed E-state index contributed by atoms with van der Waals surface area (Å²) < 4.78 is 5.03. The molecule has 0 bridgehead atoms. The molecular weight excluding hydrogens is 392 g/mol. The van der Waals surface area contributed by atoms with Gasteiger partial charge in [-0.1, -0.05) is 20.3 Å². The first-order valence-electron chi connectivity index (χ1n) is 9.31. The van der Waals surface area contributed by atoms with Gasteiger partial charge < -0.3 is 46.0 Å². The molecule has 12 heteroatoms. The number of ether oxygens (including phenoxy) is 1. The summed E-state index contributed by atoms with van der Waals surface area (Å²) >= 11 is 0. The number of aliphatic carboxylic acids is 2. The van der Waals surface area contributed by atoms with Crippen LogP contribution in [0.5, 0.6) is 0 Å². The van der Waals surface area contributed by atoms with Crippen molar-refractivity contribution in [3.8, 4) is 0 Å². The van der Waals surface area contributed by atoms with Crippen LogP contribution in [-0.4, -0.2) is 97.8 Å². The summed E-state index contributed by atoms with van der Waals surface area (Å²) in [6.45, 7) is 2.55. The summed E-state index contributed by atoms with van der Waals surface area (Å²) in [5, 5.41) is 62.5. The summed E-state index contributed by atoms with van der Waals surface area (Å²) in [6, 6.07) is -2.42. The third-order valence-corrected chi connectivity index (χ3v) is 5.02. The van der Waals surface area contributed by atoms with E-state index in [9.17, 15) is 39.9 Å². The Bertz CT molecular complexity index is 589. The SMILES string of the molecule is CCC(C)C(NCC1(O)OCC(O)C(O)C1O)C(=O)NC(CCC(=O)O)C(=O)O. The first-order valence-corrected chi connectivity index (χ1v) is 9.31. The van der Waals surface area contributed by atoms with E-state index in [1.165, 1.54) is 0 Å². The van der Waals surface area contributed by atoms with Crippen LogP contribution < -0.4 is 10.6 Å². The van der Waals surface area contributed by atoms with Crippen molar-refractivity contribution in [1.29, 1.82) is 0 Å². The van der Waals surface area contributed by atoms with Gasteiger partial charge in [0.2, 0.25) is 11.7 Å². The largest absolute Gasteiger partial charge is 0.481 e. The lowest BCUT2D eigenvalue weighted by Crippen LogP contribution is -2.66. The molecule has 168 valence electrons. The van der Waals surface area contributed by atoms with E-state index in [0.29, 0.717) is 6.42 Å². The standard InChI is InChI=1S/C17H30N2O10/c1-3-8(2)12(15(25)19-9(16(26)27)4-5-11(21)22)18-7-17(28)14(24)13(23)10(20)6-29-17/h8-10,12-14,18,20,23-24,28H,3-7H2,1-2H3,(H,19,25)(H,21,22)(H,26,27). The second-order valence-corrected chi connectivity index (χ2v) is 7.23. The van der Waals surface area contributed by atoms with E-state index >= 15 is 0 Å². The number of carboxylic acid groups (broad SMARTS) is 2. The Morgan fingerprint density at radius 1 is 1.21 bits per heavy atom. The minimum absolute atomic E-state index is 0.306. The molecule has 0 saturated carbocycles. The Kier molecular flexibility index (Phi) is 9.39. The van der Waals surface area contributed by atoms with E-state index in [4.69, 9.17) is 9.84 Å². The van der Waals surface area contributed by atoms with Gasteiger partial charge in [0.25, 0.3) is 0 Å². The van der Waals surface area contributed by atoms with Gasteiger partial charge in [-0.3, -0.25) is 9.59 Å². The quantitative estimate of drug-likeness (QED) is 0.171. The molecule has 0 spiro atoms. The van der Waals surface area contributed by atoms with Crippen LogP contribution in [0.2, 0.25) is 0 Å². The van der Waals surface area contributed by atoms with Crippen LogP contribution in [0.25, 0.3) is 0 Å². The van der Waals surface area contributed by atoms with Crippen molar-refractivity contribution in [2.75, 3.05) is 13.2 Å². The van der Waals surface area contributed by atoms with E-state index in [1.54, 1.807) is 13.8 Å². The maximum Gasteiger partial charge on any atom is 0.326 e. The molecule has 1 saturated heterocycles. The van der Waals surface area contributed by atoms with Crippen molar-refractivity contribution in [1.82, 2.24) is 10.6 Å². The molecule has 0 aromatic heterocycles. The average molecular weight is 422 g/mol. The summed E-state index contributed by atoms with van der Waals surface area (Å²) in [6.07, 6.45) is -5.13. The third-order valence-electron chi connectivity index (χ3n) is 5.02. The number of amides is 1. The molecule has 7 unspecified atom stereocenters. The Labute approximate surface area is 167 Å². The molecule has 8 N–H and O–H groups in total. The van der Waals surface area contributed by atoms with Gasteiger partial charge in [-0.2, -0.15) is 0 Å². The third kappa shape index (κ3) is 6.87. The number of aliphatic hydroxyl groups is 4. The Hall–Kier alpha value is -1.83. The fourth-order valence-electron chi connectivity index (χ4n) is 2.88. The second-order valence-electron chi connectivity index (χ2n) is 7.23. The monoisotopic (exact) mass is 422 g/mol. The molecule has 0 aromatic carbocycles. The molecule has 1 amide bonds. The van der Waals surface area contributed by atoms with Crippen LogP contribution >= 0.6 is 0 Å². The zero-order valence-electron chi connectivity index (χ0n) is 16.3. The molecule has 0 aliphatic carbocycles. The summed E-state index contributed by atoms with van der Waals surface area (Å²) in [5.41, 5.74) is 0. The van der Waals surface area contributed by atoms with Crippen molar-refractivity contribution in [2.24, 2.45) is 5.92 Å². The molecule has 1 rings (SSSR count). The minimum Gasteiger partial charge on any atom is -0.481 e. The van der Waals surface area contributed by atoms with E-state index in [2.05, 4.69) is 10.6 Å². The van der Waals surface area contributed by atoms with Crippen molar-refractivity contribution >= 4 is 17.8 Å². The van der Waals surface area contributed by atoms with Gasteiger partial charge in [0, 0.05) is 6.42 Å². The topological polar surface area (TPSA) is 206 Å². The van der Waals surface area contributed by atoms with E-state index < -0.39 is 73.6 Å². The number of aliphatic hydroxyl groups excluding tert-OH is 3. The fraction of sp³-hybridized carbons (Fsp3) is 0.824. The van der Waals surface area contributed by atoms with Crippen LogP contribution in [0, 0.1) is 5.92 Å². The van der Waals surface area contributed by atoms with Gasteiger partial charge in [0.15, 0.2) is 0 Å². The molecule has 7 atom stereocenters. The number of hydrogen-bond acceptors (Lipinski definition) is 9. The van der Waals surface area contributed by atoms with Crippen LogP contribution in [0.4, 0.5) is 0 Å². The van der Waals surface area contributed by atoms with Crippen molar-refractivity contribution in [3.05, 3.63) is 0 Å². The van der Waals surface area contributed by atoms with Crippen molar-refractivity contribution < 1.29 is 49.8 Å². The predicted octanol–water partition coefficient (Wildman–Crippen LogP) is -2.77. The summed E-state index contributed by atoms with van der Waals surface area (Å²) in [7, 11) is 0. The lowest BCUT2D eigenvalue weighted by atomic mass is 9.94. The zero-order chi connectivity index (χ0) is 22.4. The molecule has 0 aromatic rings. The highest BCUT2D eigenvalue weighted by Gasteiger charge is 2.48. The first kappa shape index (κ1) is 25.2. The van der Waals surface area contributed by atoms with Gasteiger partial charge in [-0.15, -0.1) is 0 Å². The van der Waals surface area contributed by atoms with Crippen LogP contribution in [0.15, 0.2) is 0 Å². The molecule has 1 heterocycles. The van der Waals surface area contributed by atoms with E-state index in [0.717, 1.165) is 0 Å². The van der Waals surface area contributed by atoms with Crippen LogP contribution in [0.1, 0.15) is 33.1 Å². The molecular formula is C17H30N2O10. The normalized spacial score (nSPS) is 30.2. The van der Waals surface area contributed by atoms with Crippen LogP contribution in [0.3, 0.4) is 0 Å². The average Bonchev–Trinajstić information content (AvgIpc) is 2.66. The summed E-state index contributed by atoms with van der Waals surface area (Å²) in [4.78, 5) is 34.6. The van der Waals surface area contributed by atoms with Gasteiger partial charge >= 0.3 is 11.9 Å². The molecule has 12 nitrogen and oxygen atoms in total. The van der Waals surface area contributed by atoms with Gasteiger partial charge in [0.1, 0.15) is 24.4 Å². The van der Waals surface area contributed by atoms with E-state index in [-0.39, 0.29) is 12.3 Å². The number of carbonyl (C=O) groups is 3. The Morgan fingerprint density at radius 3 is 2.34 bits per heavy atom. The maximum absolute atomic E-state index is 12.6. The molecule has 1 aliphatic heterocycles. The van der Waals surface area contributed by atoms with Gasteiger partial charge in [0.05, 0.1) is 19.2 Å². The second kappa shape index (κ2) is 10.8. The predicted molar refractivity (Wildman–Crippen MR) is 96.6 cm³/mol. The molecule has 0 radical (unpaired) electrons. The Morgan fingerprint density at radius 2 is 1.83 bits per heavy atom. The lowest BCUT2D eigenvalue weighted by molar-refractivity contribution is -0.318. The number of hydrogen-bond donors (Lipinski definition) is 8. The minimum atomic E-state index is -2.28. The van der Waals surface area contributed by atoms with Gasteiger partial charge in [-0.25, -0.2) is 4.79 Å². The first-order chi connectivity index (χ1) is 13.4. The fourth-order valence-corrected chi connectivity index (χ4v) is 2.88. The molecule has 29 heavy (non-hydrogen) atoms. The number of rotatable bonds is 11. The number of carboxylic acids is 2. The smallest absolute Gasteiger partial charge is 0.326 e.